The van der Waals surface area contributed by atoms with Gasteiger partial charge in [0.1, 0.15) is 6.61 Å². The number of carbonyl (C=O) groups is 3. The van der Waals surface area contributed by atoms with Crippen molar-refractivity contribution in [2.75, 3.05) is 18.4 Å². The first kappa shape index (κ1) is 26.3. The van der Waals surface area contributed by atoms with Crippen molar-refractivity contribution in [3.05, 3.63) is 84.1 Å². The first-order valence-corrected chi connectivity index (χ1v) is 11.4. The molecule has 2 aromatic carbocycles. The van der Waals surface area contributed by atoms with Crippen LogP contribution in [-0.2, 0) is 27.5 Å². The van der Waals surface area contributed by atoms with Gasteiger partial charge in [0.25, 0.3) is 5.91 Å². The van der Waals surface area contributed by atoms with Crippen LogP contribution in [0.2, 0.25) is 0 Å². The molecule has 0 fully saturated rings. The van der Waals surface area contributed by atoms with Gasteiger partial charge in [0.15, 0.2) is 0 Å². The minimum atomic E-state index is -1.25. The van der Waals surface area contributed by atoms with E-state index >= 15 is 0 Å². The van der Waals surface area contributed by atoms with Crippen LogP contribution >= 0.6 is 0 Å². The normalized spacial score (nSPS) is 10.9. The summed E-state index contributed by atoms with van der Waals surface area (Å²) in [5.74, 6) is -2.01. The Morgan fingerprint density at radius 1 is 0.972 bits per heavy atom. The molecule has 36 heavy (non-hydrogen) atoms. The summed E-state index contributed by atoms with van der Waals surface area (Å²) in [6.07, 6.45) is 3.93. The van der Waals surface area contributed by atoms with Gasteiger partial charge in [-0.3, -0.25) is 20.3 Å². The molecule has 0 radical (unpaired) electrons. The number of carbonyl (C=O) groups excluding carboxylic acids is 2. The number of aromatic nitrogens is 1. The maximum atomic E-state index is 12.2. The van der Waals surface area contributed by atoms with Crippen molar-refractivity contribution in [3.8, 4) is 0 Å². The summed E-state index contributed by atoms with van der Waals surface area (Å²) in [5.41, 5.74) is 3.35. The van der Waals surface area contributed by atoms with E-state index in [-0.39, 0.29) is 13.2 Å². The van der Waals surface area contributed by atoms with Crippen LogP contribution in [0.3, 0.4) is 0 Å². The third-order valence-electron chi connectivity index (χ3n) is 5.20. The van der Waals surface area contributed by atoms with E-state index in [1.54, 1.807) is 12.3 Å². The number of carboxylic acid groups (broad SMARTS) is 1. The molecule has 0 aliphatic carbocycles. The van der Waals surface area contributed by atoms with Gasteiger partial charge in [-0.25, -0.2) is 14.7 Å². The molecule has 188 valence electrons. The van der Waals surface area contributed by atoms with E-state index in [4.69, 9.17) is 9.84 Å². The monoisotopic (exact) mass is 492 g/mol. The zero-order valence-electron chi connectivity index (χ0n) is 19.6. The van der Waals surface area contributed by atoms with Crippen LogP contribution in [0.5, 0.6) is 0 Å². The molecular formula is C26H28N4O6. The summed E-state index contributed by atoms with van der Waals surface area (Å²) in [7, 11) is 0. The fourth-order valence-corrected chi connectivity index (χ4v) is 3.34. The SMILES string of the molecule is O=C(O)/C=C/C(=O)N(O)CCCCNCc1ccc(COC(=O)Nc2cccc3ncccc23)cc1. The number of unbranched alkanes of at least 4 members (excludes halogenated alkanes) is 1. The Labute approximate surface area is 208 Å². The van der Waals surface area contributed by atoms with Gasteiger partial charge < -0.3 is 15.2 Å². The lowest BCUT2D eigenvalue weighted by Crippen LogP contribution is -2.27. The number of anilines is 1. The molecule has 2 amide bonds. The average Bonchev–Trinajstić information content (AvgIpc) is 2.88. The predicted molar refractivity (Wildman–Crippen MR) is 133 cm³/mol. The second-order valence-corrected chi connectivity index (χ2v) is 7.91. The number of carboxylic acids is 1. The molecular weight excluding hydrogens is 464 g/mol. The summed E-state index contributed by atoms with van der Waals surface area (Å²) < 4.78 is 5.34. The molecule has 0 saturated carbocycles. The smallest absolute Gasteiger partial charge is 0.411 e. The van der Waals surface area contributed by atoms with E-state index in [1.807, 2.05) is 48.5 Å². The van der Waals surface area contributed by atoms with Crippen molar-refractivity contribution in [1.29, 1.82) is 0 Å². The van der Waals surface area contributed by atoms with Crippen LogP contribution in [0, 0.1) is 0 Å². The van der Waals surface area contributed by atoms with Crippen LogP contribution < -0.4 is 10.6 Å². The number of fused-ring (bicyclic) bond motifs is 1. The predicted octanol–water partition coefficient (Wildman–Crippen LogP) is 3.71. The fourth-order valence-electron chi connectivity index (χ4n) is 3.34. The van der Waals surface area contributed by atoms with Gasteiger partial charge in [-0.2, -0.15) is 0 Å². The summed E-state index contributed by atoms with van der Waals surface area (Å²) in [4.78, 5) is 38.4. The Bertz CT molecular complexity index is 1210. The quantitative estimate of drug-likeness (QED) is 0.130. The Morgan fingerprint density at radius 3 is 2.53 bits per heavy atom. The highest BCUT2D eigenvalue weighted by atomic mass is 16.5. The van der Waals surface area contributed by atoms with Crippen LogP contribution in [0.1, 0.15) is 24.0 Å². The van der Waals surface area contributed by atoms with Crippen LogP contribution in [0.25, 0.3) is 10.9 Å². The number of ether oxygens (including phenoxy) is 1. The van der Waals surface area contributed by atoms with Gasteiger partial charge in [0, 0.05) is 36.8 Å². The maximum absolute atomic E-state index is 12.2. The second kappa shape index (κ2) is 13.6. The average molecular weight is 493 g/mol. The fraction of sp³-hybridized carbons (Fsp3) is 0.231. The van der Waals surface area contributed by atoms with Crippen molar-refractivity contribution in [3.63, 3.8) is 0 Å². The van der Waals surface area contributed by atoms with Gasteiger partial charge in [0.05, 0.1) is 11.2 Å². The minimum Gasteiger partial charge on any atom is -0.478 e. The van der Waals surface area contributed by atoms with Gasteiger partial charge in [-0.05, 0) is 54.8 Å². The molecule has 10 heteroatoms. The Kier molecular flexibility index (Phi) is 9.92. The Morgan fingerprint density at radius 2 is 1.75 bits per heavy atom. The van der Waals surface area contributed by atoms with Crippen molar-refractivity contribution in [1.82, 2.24) is 15.4 Å². The summed E-state index contributed by atoms with van der Waals surface area (Å²) >= 11 is 0. The lowest BCUT2D eigenvalue weighted by molar-refractivity contribution is -0.159. The summed E-state index contributed by atoms with van der Waals surface area (Å²) in [6, 6.07) is 16.9. The number of benzene rings is 2. The number of nitrogens with zero attached hydrogens (tertiary/aromatic N) is 2. The number of hydrogen-bond donors (Lipinski definition) is 4. The highest BCUT2D eigenvalue weighted by molar-refractivity contribution is 5.98. The molecule has 0 spiro atoms. The van der Waals surface area contributed by atoms with E-state index in [9.17, 15) is 19.6 Å². The molecule has 0 bridgehead atoms. The number of hydrogen-bond acceptors (Lipinski definition) is 7. The number of amides is 2. The molecule has 10 nitrogen and oxygen atoms in total. The Balaban J connectivity index is 1.32. The second-order valence-electron chi connectivity index (χ2n) is 7.91. The van der Waals surface area contributed by atoms with Crippen LogP contribution in [0.15, 0.2) is 72.9 Å². The third-order valence-corrected chi connectivity index (χ3v) is 5.20. The van der Waals surface area contributed by atoms with E-state index in [2.05, 4.69) is 15.6 Å². The molecule has 0 unspecified atom stereocenters. The van der Waals surface area contributed by atoms with Crippen molar-refractivity contribution >= 4 is 34.6 Å². The van der Waals surface area contributed by atoms with Crippen molar-refractivity contribution in [2.24, 2.45) is 0 Å². The summed E-state index contributed by atoms with van der Waals surface area (Å²) in [6.45, 7) is 1.58. The van der Waals surface area contributed by atoms with Crippen LogP contribution in [0.4, 0.5) is 10.5 Å². The lowest BCUT2D eigenvalue weighted by Gasteiger charge is -2.12. The van der Waals surface area contributed by atoms with Gasteiger partial charge >= 0.3 is 12.1 Å². The number of rotatable bonds is 12. The van der Waals surface area contributed by atoms with Crippen molar-refractivity contribution in [2.45, 2.75) is 26.0 Å². The van der Waals surface area contributed by atoms with Gasteiger partial charge in [-0.1, -0.05) is 30.3 Å². The van der Waals surface area contributed by atoms with E-state index in [0.717, 1.165) is 34.5 Å². The van der Waals surface area contributed by atoms with Crippen LogP contribution in [-0.4, -0.2) is 51.4 Å². The molecule has 1 aromatic heterocycles. The topological polar surface area (TPSA) is 141 Å². The third kappa shape index (κ3) is 8.49. The minimum absolute atomic E-state index is 0.115. The highest BCUT2D eigenvalue weighted by Gasteiger charge is 2.08. The highest BCUT2D eigenvalue weighted by Crippen LogP contribution is 2.21. The molecule has 4 N–H and O–H groups in total. The first-order chi connectivity index (χ1) is 17.4. The number of hydroxylamine groups is 2. The molecule has 3 rings (SSSR count). The first-order valence-electron chi connectivity index (χ1n) is 11.4. The Hall–Kier alpha value is -4.28. The maximum Gasteiger partial charge on any atom is 0.411 e. The van der Waals surface area contributed by atoms with Crippen molar-refractivity contribution < 1.29 is 29.4 Å². The largest absolute Gasteiger partial charge is 0.478 e. The molecule has 0 atom stereocenters. The molecule has 0 aliphatic rings. The van der Waals surface area contributed by atoms with E-state index in [1.165, 1.54) is 0 Å². The molecule has 3 aromatic rings. The number of aliphatic carboxylic acids is 1. The summed E-state index contributed by atoms with van der Waals surface area (Å²) in [5, 5.41) is 25.4. The number of pyridine rings is 1. The molecule has 0 aliphatic heterocycles. The standard InChI is InChI=1S/C26H28N4O6/c31-24(12-13-25(32)33)30(35)16-2-1-14-27-17-19-8-10-20(11-9-19)18-36-26(34)29-23-7-3-6-22-21(23)5-4-15-28-22/h3-13,15,27,35H,1-2,14,16-18H2,(H,29,34)(H,32,33)/b13-12+. The zero-order valence-corrected chi connectivity index (χ0v) is 19.6. The molecule has 1 heterocycles. The number of nitrogens with one attached hydrogen (secondary N) is 2. The van der Waals surface area contributed by atoms with Gasteiger partial charge in [0.2, 0.25) is 0 Å². The zero-order chi connectivity index (χ0) is 25.8. The molecule has 0 saturated heterocycles. The lowest BCUT2D eigenvalue weighted by atomic mass is 10.1. The van der Waals surface area contributed by atoms with E-state index in [0.29, 0.717) is 36.3 Å². The van der Waals surface area contributed by atoms with Gasteiger partial charge in [-0.15, -0.1) is 0 Å². The van der Waals surface area contributed by atoms with E-state index < -0.39 is 18.0 Å².